The van der Waals surface area contributed by atoms with Gasteiger partial charge in [0.1, 0.15) is 5.82 Å². The van der Waals surface area contributed by atoms with Gasteiger partial charge >= 0.3 is 0 Å². The quantitative estimate of drug-likeness (QED) is 0.840. The van der Waals surface area contributed by atoms with Gasteiger partial charge in [-0.3, -0.25) is 4.79 Å². The monoisotopic (exact) mass is 283 g/mol. The van der Waals surface area contributed by atoms with Crippen LogP contribution in [-0.2, 0) is 9.84 Å². The van der Waals surface area contributed by atoms with E-state index in [9.17, 15) is 13.2 Å². The maximum absolute atomic E-state index is 12.2. The van der Waals surface area contributed by atoms with Gasteiger partial charge in [-0.25, -0.2) is 13.4 Å². The maximum atomic E-state index is 12.2. The number of carbonyl (C=O) groups is 1. The number of rotatable bonds is 3. The number of hydrogen-bond acceptors (Lipinski definition) is 5. The summed E-state index contributed by atoms with van der Waals surface area (Å²) in [5.74, 6) is 0.276. The van der Waals surface area contributed by atoms with Crippen LogP contribution in [0.1, 0.15) is 23.7 Å². The van der Waals surface area contributed by atoms with Gasteiger partial charge < -0.3 is 10.6 Å². The zero-order chi connectivity index (χ0) is 14.1. The van der Waals surface area contributed by atoms with Crippen LogP contribution in [0.3, 0.4) is 0 Å². The molecule has 0 spiro atoms. The van der Waals surface area contributed by atoms with Crippen LogP contribution in [0.2, 0.25) is 0 Å². The van der Waals surface area contributed by atoms with Crippen molar-refractivity contribution in [2.75, 3.05) is 23.9 Å². The van der Waals surface area contributed by atoms with E-state index in [-0.39, 0.29) is 17.4 Å². The molecule has 1 aromatic heterocycles. The average Bonchev–Trinajstić information content (AvgIpc) is 2.63. The molecule has 7 heteroatoms. The van der Waals surface area contributed by atoms with E-state index in [4.69, 9.17) is 0 Å². The Morgan fingerprint density at radius 2 is 2.21 bits per heavy atom. The molecule has 0 saturated carbocycles. The molecule has 19 heavy (non-hydrogen) atoms. The molecule has 0 aliphatic carbocycles. The second-order valence-corrected chi connectivity index (χ2v) is 7.19. The summed E-state index contributed by atoms with van der Waals surface area (Å²) in [6.07, 6.45) is 2.03. The molecule has 2 N–H and O–H groups in total. The van der Waals surface area contributed by atoms with Crippen molar-refractivity contribution in [3.63, 3.8) is 0 Å². The molecule has 1 aromatic rings. The summed E-state index contributed by atoms with van der Waals surface area (Å²) >= 11 is 0. The molecule has 0 radical (unpaired) electrons. The van der Waals surface area contributed by atoms with Crippen molar-refractivity contribution in [3.05, 3.63) is 23.9 Å². The molecular weight excluding hydrogens is 266 g/mol. The van der Waals surface area contributed by atoms with Crippen molar-refractivity contribution in [2.45, 2.75) is 18.9 Å². The normalized spacial score (nSPS) is 24.9. The van der Waals surface area contributed by atoms with E-state index in [0.717, 1.165) is 0 Å². The highest BCUT2D eigenvalue weighted by Crippen LogP contribution is 2.24. The first-order chi connectivity index (χ1) is 8.85. The summed E-state index contributed by atoms with van der Waals surface area (Å²) in [5.41, 5.74) is -0.285. The lowest BCUT2D eigenvalue weighted by Crippen LogP contribution is -2.47. The van der Waals surface area contributed by atoms with Gasteiger partial charge in [-0.05, 0) is 25.5 Å². The first-order valence-electron chi connectivity index (χ1n) is 6.01. The van der Waals surface area contributed by atoms with Crippen LogP contribution in [0.15, 0.2) is 18.3 Å². The summed E-state index contributed by atoms with van der Waals surface area (Å²) < 4.78 is 23.0. The Morgan fingerprint density at radius 3 is 2.79 bits per heavy atom. The fourth-order valence-electron chi connectivity index (χ4n) is 2.24. The summed E-state index contributed by atoms with van der Waals surface area (Å²) in [6.45, 7) is 1.75. The molecule has 0 bridgehead atoms. The Morgan fingerprint density at radius 1 is 1.47 bits per heavy atom. The van der Waals surface area contributed by atoms with Crippen LogP contribution < -0.4 is 10.6 Å². The van der Waals surface area contributed by atoms with Gasteiger partial charge in [-0.15, -0.1) is 0 Å². The van der Waals surface area contributed by atoms with Crippen molar-refractivity contribution in [1.82, 2.24) is 10.3 Å². The first-order valence-corrected chi connectivity index (χ1v) is 7.83. The van der Waals surface area contributed by atoms with Gasteiger partial charge in [-0.2, -0.15) is 0 Å². The predicted molar refractivity (Wildman–Crippen MR) is 72.9 cm³/mol. The number of amides is 1. The summed E-state index contributed by atoms with van der Waals surface area (Å²) in [6, 6.07) is 3.32. The van der Waals surface area contributed by atoms with Crippen molar-refractivity contribution in [2.24, 2.45) is 0 Å². The largest absolute Gasteiger partial charge is 0.372 e. The number of anilines is 1. The molecule has 0 aromatic carbocycles. The number of carbonyl (C=O) groups excluding carboxylic acids is 1. The minimum Gasteiger partial charge on any atom is -0.372 e. The number of aromatic nitrogens is 1. The fraction of sp³-hybridized carbons (Fsp3) is 0.500. The third-order valence-electron chi connectivity index (χ3n) is 3.21. The Bertz CT molecular complexity index is 600. The zero-order valence-electron chi connectivity index (χ0n) is 10.9. The Kier molecular flexibility index (Phi) is 3.49. The van der Waals surface area contributed by atoms with Crippen LogP contribution >= 0.6 is 0 Å². The highest BCUT2D eigenvalue weighted by molar-refractivity contribution is 7.91. The smallest absolute Gasteiger partial charge is 0.255 e. The van der Waals surface area contributed by atoms with E-state index in [1.807, 2.05) is 0 Å². The molecule has 1 aliphatic heterocycles. The molecule has 6 nitrogen and oxygen atoms in total. The molecule has 2 rings (SSSR count). The van der Waals surface area contributed by atoms with E-state index < -0.39 is 15.4 Å². The van der Waals surface area contributed by atoms with Gasteiger partial charge in [0.15, 0.2) is 9.84 Å². The number of pyridine rings is 1. The molecule has 1 amide bonds. The number of hydrogen-bond donors (Lipinski definition) is 2. The molecule has 1 unspecified atom stereocenters. The minimum absolute atomic E-state index is 0.0130. The Labute approximate surface area is 112 Å². The molecule has 1 saturated heterocycles. The molecule has 1 aliphatic rings. The van der Waals surface area contributed by atoms with Gasteiger partial charge in [0.05, 0.1) is 22.6 Å². The van der Waals surface area contributed by atoms with E-state index in [1.165, 1.54) is 0 Å². The third-order valence-corrected chi connectivity index (χ3v) is 5.11. The second kappa shape index (κ2) is 4.80. The van der Waals surface area contributed by atoms with Gasteiger partial charge in [0, 0.05) is 13.2 Å². The van der Waals surface area contributed by atoms with Crippen LogP contribution in [0, 0.1) is 0 Å². The van der Waals surface area contributed by atoms with Crippen LogP contribution in [0.25, 0.3) is 0 Å². The Balaban J connectivity index is 2.18. The highest BCUT2D eigenvalue weighted by Gasteiger charge is 2.39. The number of sulfone groups is 1. The predicted octanol–water partition coefficient (Wildman–Crippen LogP) is 0.430. The minimum atomic E-state index is -3.04. The molecule has 2 heterocycles. The van der Waals surface area contributed by atoms with Crippen molar-refractivity contribution in [3.8, 4) is 0 Å². The molecule has 104 valence electrons. The lowest BCUT2D eigenvalue weighted by Gasteiger charge is -2.24. The van der Waals surface area contributed by atoms with Crippen molar-refractivity contribution >= 4 is 21.6 Å². The number of nitrogens with one attached hydrogen (secondary N) is 2. The molecular formula is C12H17N3O3S. The first kappa shape index (κ1) is 13.8. The van der Waals surface area contributed by atoms with E-state index in [2.05, 4.69) is 15.6 Å². The van der Waals surface area contributed by atoms with Crippen molar-refractivity contribution < 1.29 is 13.2 Å². The fourth-order valence-corrected chi connectivity index (χ4v) is 4.33. The van der Waals surface area contributed by atoms with Crippen LogP contribution in [0.4, 0.5) is 5.82 Å². The van der Waals surface area contributed by atoms with Crippen molar-refractivity contribution in [1.29, 1.82) is 0 Å². The highest BCUT2D eigenvalue weighted by atomic mass is 32.2. The zero-order valence-corrected chi connectivity index (χ0v) is 11.8. The second-order valence-electron chi connectivity index (χ2n) is 5.01. The number of nitrogens with zero attached hydrogens (tertiary/aromatic N) is 1. The van der Waals surface area contributed by atoms with Gasteiger partial charge in [0.2, 0.25) is 0 Å². The lowest BCUT2D eigenvalue weighted by molar-refractivity contribution is 0.0916. The Hall–Kier alpha value is -1.63. The van der Waals surface area contributed by atoms with E-state index in [0.29, 0.717) is 17.8 Å². The van der Waals surface area contributed by atoms with Crippen LogP contribution in [0.5, 0.6) is 0 Å². The maximum Gasteiger partial charge on any atom is 0.255 e. The van der Waals surface area contributed by atoms with Gasteiger partial charge in [-0.1, -0.05) is 0 Å². The molecule has 1 fully saturated rings. The summed E-state index contributed by atoms with van der Waals surface area (Å²) in [5, 5.41) is 5.64. The standard InChI is InChI=1S/C12H17N3O3S/c1-12(5-7-19(17,18)8-12)15-11(16)9-4-3-6-14-10(9)13-2/h3-4,6H,5,7-8H2,1-2H3,(H,13,14)(H,15,16). The third kappa shape index (κ3) is 3.04. The lowest BCUT2D eigenvalue weighted by atomic mass is 10.0. The summed E-state index contributed by atoms with van der Waals surface area (Å²) in [7, 11) is -1.36. The van der Waals surface area contributed by atoms with E-state index in [1.54, 1.807) is 32.3 Å². The van der Waals surface area contributed by atoms with E-state index >= 15 is 0 Å². The SMILES string of the molecule is CNc1ncccc1C(=O)NC1(C)CCS(=O)(=O)C1. The summed E-state index contributed by atoms with van der Waals surface area (Å²) in [4.78, 5) is 16.3. The topological polar surface area (TPSA) is 88.2 Å². The average molecular weight is 283 g/mol. The molecule has 1 atom stereocenters. The van der Waals surface area contributed by atoms with Gasteiger partial charge in [0.25, 0.3) is 5.91 Å². The van der Waals surface area contributed by atoms with Crippen LogP contribution in [-0.4, -0.2) is 43.4 Å².